The van der Waals surface area contributed by atoms with Crippen LogP contribution in [-0.4, -0.2) is 10.9 Å². The molecule has 0 saturated carbocycles. The lowest BCUT2D eigenvalue weighted by Gasteiger charge is -1.98. The van der Waals surface area contributed by atoms with Crippen LogP contribution in [0, 0.1) is 0 Å². The lowest BCUT2D eigenvalue weighted by atomic mass is 10.1. The molecule has 1 aromatic carbocycles. The topological polar surface area (TPSA) is 55.1 Å². The molecule has 0 radical (unpaired) electrons. The zero-order chi connectivity index (χ0) is 13.9. The van der Waals surface area contributed by atoms with Crippen LogP contribution in [0.3, 0.4) is 0 Å². The zero-order valence-electron chi connectivity index (χ0n) is 10.8. The van der Waals surface area contributed by atoms with Crippen LogP contribution in [0.25, 0.3) is 21.9 Å². The van der Waals surface area contributed by atoms with Crippen LogP contribution in [0.15, 0.2) is 53.1 Å². The van der Waals surface area contributed by atoms with Crippen molar-refractivity contribution in [1.82, 2.24) is 4.98 Å². The van der Waals surface area contributed by atoms with Crippen molar-refractivity contribution in [1.29, 1.82) is 0 Å². The summed E-state index contributed by atoms with van der Waals surface area (Å²) < 4.78 is 5.43. The second-order valence-corrected chi connectivity index (χ2v) is 5.22. The monoisotopic (exact) mass is 284 g/mol. The number of hydrogen-bond acceptors (Lipinski definition) is 4. The Morgan fingerprint density at radius 3 is 2.65 bits per heavy atom. The summed E-state index contributed by atoms with van der Waals surface area (Å²) in [5.74, 6) is 0.557. The Hall–Kier alpha value is -2.40. The van der Waals surface area contributed by atoms with E-state index in [1.165, 1.54) is 18.3 Å². The van der Waals surface area contributed by atoms with Gasteiger partial charge in [0.1, 0.15) is 5.69 Å². The number of benzene rings is 1. The fourth-order valence-electron chi connectivity index (χ4n) is 1.89. The molecule has 0 aliphatic rings. The van der Waals surface area contributed by atoms with Crippen LogP contribution < -0.4 is 5.32 Å². The molecule has 100 valence electrons. The summed E-state index contributed by atoms with van der Waals surface area (Å²) in [6, 6.07) is 13.6. The van der Waals surface area contributed by atoms with Gasteiger partial charge in [-0.3, -0.25) is 4.79 Å². The number of nitrogens with zero attached hydrogens (tertiary/aromatic N) is 1. The maximum absolute atomic E-state index is 11.2. The Kier molecular flexibility index (Phi) is 3.35. The van der Waals surface area contributed by atoms with Crippen molar-refractivity contribution >= 4 is 22.4 Å². The van der Waals surface area contributed by atoms with Gasteiger partial charge in [0, 0.05) is 6.92 Å². The summed E-state index contributed by atoms with van der Waals surface area (Å²) >= 11 is 1.44. The molecule has 0 atom stereocenters. The van der Waals surface area contributed by atoms with Crippen molar-refractivity contribution in [2.45, 2.75) is 6.92 Å². The first-order valence-electron chi connectivity index (χ1n) is 6.12. The molecule has 0 fully saturated rings. The maximum atomic E-state index is 11.2. The van der Waals surface area contributed by atoms with E-state index >= 15 is 0 Å². The van der Waals surface area contributed by atoms with Crippen molar-refractivity contribution in [2.24, 2.45) is 0 Å². The van der Waals surface area contributed by atoms with Crippen molar-refractivity contribution in [3.63, 3.8) is 0 Å². The smallest absolute Gasteiger partial charge is 0.223 e. The van der Waals surface area contributed by atoms with Crippen LogP contribution in [0.1, 0.15) is 6.92 Å². The number of carbonyl (C=O) groups is 1. The number of carbonyl (C=O) groups excluding carboxylic acids is 1. The van der Waals surface area contributed by atoms with Gasteiger partial charge in [-0.1, -0.05) is 41.7 Å². The summed E-state index contributed by atoms with van der Waals surface area (Å²) in [6.45, 7) is 1.47. The lowest BCUT2D eigenvalue weighted by Crippen LogP contribution is -2.04. The van der Waals surface area contributed by atoms with Gasteiger partial charge in [-0.25, -0.2) is 4.98 Å². The third kappa shape index (κ3) is 2.48. The van der Waals surface area contributed by atoms with E-state index in [2.05, 4.69) is 10.3 Å². The van der Waals surface area contributed by atoms with E-state index in [0.717, 1.165) is 16.1 Å². The van der Waals surface area contributed by atoms with Gasteiger partial charge in [0.05, 0.1) is 11.1 Å². The minimum Gasteiger partial charge on any atom is -0.463 e. The van der Waals surface area contributed by atoms with Crippen molar-refractivity contribution in [2.75, 3.05) is 5.32 Å². The second-order valence-electron chi connectivity index (χ2n) is 4.22. The molecule has 0 aliphatic heterocycles. The van der Waals surface area contributed by atoms with E-state index in [0.29, 0.717) is 10.9 Å². The van der Waals surface area contributed by atoms with Gasteiger partial charge in [-0.05, 0) is 17.7 Å². The number of thiazole rings is 1. The third-order valence-corrected chi connectivity index (χ3v) is 3.72. The minimum absolute atomic E-state index is 0.135. The van der Waals surface area contributed by atoms with Gasteiger partial charge in [0.15, 0.2) is 10.9 Å². The normalized spacial score (nSPS) is 10.4. The SMILES string of the molecule is CC(=O)Nc1nc(-c2ccco2)c(-c2ccccc2)s1. The average Bonchev–Trinajstić information content (AvgIpc) is 3.07. The molecular formula is C15H12N2O2S. The summed E-state index contributed by atoms with van der Waals surface area (Å²) in [4.78, 5) is 16.6. The van der Waals surface area contributed by atoms with Crippen LogP contribution in [0.5, 0.6) is 0 Å². The molecule has 0 spiro atoms. The lowest BCUT2D eigenvalue weighted by molar-refractivity contribution is -0.114. The van der Waals surface area contributed by atoms with Gasteiger partial charge < -0.3 is 9.73 Å². The molecule has 2 aromatic heterocycles. The molecule has 2 heterocycles. The predicted molar refractivity (Wildman–Crippen MR) is 79.6 cm³/mol. The Bertz CT molecular complexity index is 718. The van der Waals surface area contributed by atoms with E-state index in [-0.39, 0.29) is 5.91 Å². The Labute approximate surface area is 120 Å². The number of nitrogens with one attached hydrogen (secondary N) is 1. The summed E-state index contributed by atoms with van der Waals surface area (Å²) in [5.41, 5.74) is 1.79. The van der Waals surface area contributed by atoms with Crippen molar-refractivity contribution in [3.05, 3.63) is 48.7 Å². The Balaban J connectivity index is 2.11. The van der Waals surface area contributed by atoms with E-state index in [1.807, 2.05) is 42.5 Å². The molecular weight excluding hydrogens is 272 g/mol. The largest absolute Gasteiger partial charge is 0.463 e. The van der Waals surface area contributed by atoms with E-state index in [9.17, 15) is 4.79 Å². The fraction of sp³-hybridized carbons (Fsp3) is 0.0667. The molecule has 1 N–H and O–H groups in total. The van der Waals surface area contributed by atoms with Gasteiger partial charge in [0.25, 0.3) is 0 Å². The first-order chi connectivity index (χ1) is 9.74. The first kappa shape index (κ1) is 12.6. The Morgan fingerprint density at radius 1 is 1.20 bits per heavy atom. The molecule has 0 unspecified atom stereocenters. The van der Waals surface area contributed by atoms with Crippen LogP contribution >= 0.6 is 11.3 Å². The number of rotatable bonds is 3. The van der Waals surface area contributed by atoms with Crippen molar-refractivity contribution in [3.8, 4) is 21.9 Å². The number of furan rings is 1. The summed E-state index contributed by atoms with van der Waals surface area (Å²) in [6.07, 6.45) is 1.61. The molecule has 5 heteroatoms. The van der Waals surface area contributed by atoms with Gasteiger partial charge in [-0.2, -0.15) is 0 Å². The summed E-state index contributed by atoms with van der Waals surface area (Å²) in [7, 11) is 0. The van der Waals surface area contributed by atoms with E-state index < -0.39 is 0 Å². The molecule has 0 bridgehead atoms. The molecule has 20 heavy (non-hydrogen) atoms. The highest BCUT2D eigenvalue weighted by Crippen LogP contribution is 2.38. The standard InChI is InChI=1S/C15H12N2O2S/c1-10(18)16-15-17-13(12-8-5-9-19-12)14(20-15)11-6-3-2-4-7-11/h2-9H,1H3,(H,16,17,18). The number of aromatic nitrogens is 1. The van der Waals surface area contributed by atoms with Crippen LogP contribution in [0.2, 0.25) is 0 Å². The Morgan fingerprint density at radius 2 is 2.00 bits per heavy atom. The fourth-order valence-corrected chi connectivity index (χ4v) is 2.91. The highest BCUT2D eigenvalue weighted by Gasteiger charge is 2.17. The summed E-state index contributed by atoms with van der Waals surface area (Å²) in [5, 5.41) is 3.30. The highest BCUT2D eigenvalue weighted by atomic mass is 32.1. The third-order valence-electron chi connectivity index (χ3n) is 2.70. The number of anilines is 1. The van der Waals surface area contributed by atoms with Gasteiger partial charge >= 0.3 is 0 Å². The molecule has 3 aromatic rings. The minimum atomic E-state index is -0.135. The number of hydrogen-bond donors (Lipinski definition) is 1. The molecule has 1 amide bonds. The second kappa shape index (κ2) is 5.30. The van der Waals surface area contributed by atoms with Gasteiger partial charge in [-0.15, -0.1) is 0 Å². The van der Waals surface area contributed by atoms with Crippen LogP contribution in [-0.2, 0) is 4.79 Å². The van der Waals surface area contributed by atoms with Crippen molar-refractivity contribution < 1.29 is 9.21 Å². The zero-order valence-corrected chi connectivity index (χ0v) is 11.6. The average molecular weight is 284 g/mol. The molecule has 4 nitrogen and oxygen atoms in total. The quantitative estimate of drug-likeness (QED) is 0.790. The van der Waals surface area contributed by atoms with E-state index in [4.69, 9.17) is 4.42 Å². The van der Waals surface area contributed by atoms with E-state index in [1.54, 1.807) is 6.26 Å². The first-order valence-corrected chi connectivity index (χ1v) is 6.93. The molecule has 3 rings (SSSR count). The molecule has 0 aliphatic carbocycles. The van der Waals surface area contributed by atoms with Crippen LogP contribution in [0.4, 0.5) is 5.13 Å². The predicted octanol–water partition coefficient (Wildman–Crippen LogP) is 4.03. The maximum Gasteiger partial charge on any atom is 0.223 e. The highest BCUT2D eigenvalue weighted by molar-refractivity contribution is 7.19. The molecule has 0 saturated heterocycles. The van der Waals surface area contributed by atoms with Gasteiger partial charge in [0.2, 0.25) is 5.91 Å². The number of amides is 1.